The van der Waals surface area contributed by atoms with E-state index in [0.29, 0.717) is 6.42 Å². The molecule has 0 saturated carbocycles. The summed E-state index contributed by atoms with van der Waals surface area (Å²) in [6.45, 7) is 5.37. The van der Waals surface area contributed by atoms with Crippen LogP contribution in [0.4, 0.5) is 0 Å². The summed E-state index contributed by atoms with van der Waals surface area (Å²) in [5, 5.41) is 0. The van der Waals surface area contributed by atoms with E-state index < -0.39 is 0 Å². The molecule has 0 fully saturated rings. The molecule has 0 aliphatic carbocycles. The number of ether oxygens (including phenoxy) is 1. The lowest BCUT2D eigenvalue weighted by Crippen LogP contribution is -2.01. The number of methoxy groups -OCH3 is 1. The number of rotatable bonds is 4. The highest BCUT2D eigenvalue weighted by atomic mass is 16.5. The molecule has 0 radical (unpaired) electrons. The Bertz CT molecular complexity index is 116. The Morgan fingerprint density at radius 3 is 2.56 bits per heavy atom. The first-order chi connectivity index (χ1) is 4.22. The maximum Gasteiger partial charge on any atom is 0.196 e. The van der Waals surface area contributed by atoms with Crippen molar-refractivity contribution in [3.63, 3.8) is 0 Å². The summed E-state index contributed by atoms with van der Waals surface area (Å²) in [6.07, 6.45) is 1.38. The van der Waals surface area contributed by atoms with Crippen molar-refractivity contribution in [2.75, 3.05) is 7.11 Å². The predicted octanol–water partition coefficient (Wildman–Crippen LogP) is 1.52. The highest BCUT2D eigenvalue weighted by Crippen LogP contribution is 1.99. The third-order valence-electron chi connectivity index (χ3n) is 1.03. The minimum atomic E-state index is 0.000000000000000444. The second-order valence-corrected chi connectivity index (χ2v) is 1.80. The van der Waals surface area contributed by atoms with Crippen LogP contribution in [0, 0.1) is 0 Å². The summed E-state index contributed by atoms with van der Waals surface area (Å²) in [7, 11) is 1.45. The molecule has 0 bridgehead atoms. The Morgan fingerprint density at radius 2 is 2.22 bits per heavy atom. The quantitative estimate of drug-likeness (QED) is 0.424. The number of hydrogen-bond acceptors (Lipinski definition) is 2. The molecule has 0 heterocycles. The molecule has 0 unspecified atom stereocenters. The van der Waals surface area contributed by atoms with Crippen molar-refractivity contribution in [2.45, 2.75) is 19.8 Å². The van der Waals surface area contributed by atoms with E-state index in [4.69, 9.17) is 0 Å². The Labute approximate surface area is 55.5 Å². The summed E-state index contributed by atoms with van der Waals surface area (Å²) in [5.41, 5.74) is 0. The van der Waals surface area contributed by atoms with E-state index in [1.54, 1.807) is 0 Å². The van der Waals surface area contributed by atoms with Crippen molar-refractivity contribution in [3.05, 3.63) is 12.3 Å². The summed E-state index contributed by atoms with van der Waals surface area (Å²) < 4.78 is 4.62. The number of carbonyl (C=O) groups excluding carboxylic acids is 1. The van der Waals surface area contributed by atoms with Gasteiger partial charge >= 0.3 is 0 Å². The fraction of sp³-hybridized carbons (Fsp3) is 0.571. The van der Waals surface area contributed by atoms with E-state index in [0.717, 1.165) is 6.42 Å². The van der Waals surface area contributed by atoms with Gasteiger partial charge in [-0.3, -0.25) is 4.79 Å². The average molecular weight is 128 g/mol. The third-order valence-corrected chi connectivity index (χ3v) is 1.03. The van der Waals surface area contributed by atoms with E-state index in [1.807, 2.05) is 6.92 Å². The summed E-state index contributed by atoms with van der Waals surface area (Å²) in [6, 6.07) is 0. The molecule has 0 aliphatic rings. The number of ketones is 1. The Hall–Kier alpha value is -0.790. The van der Waals surface area contributed by atoms with E-state index in [1.165, 1.54) is 7.11 Å². The normalized spacial score (nSPS) is 8.67. The SMILES string of the molecule is C=C(OC)C(=O)CCC. The molecule has 9 heavy (non-hydrogen) atoms. The molecule has 0 aliphatic heterocycles. The van der Waals surface area contributed by atoms with E-state index in [9.17, 15) is 4.79 Å². The van der Waals surface area contributed by atoms with Crippen molar-refractivity contribution in [2.24, 2.45) is 0 Å². The van der Waals surface area contributed by atoms with E-state index >= 15 is 0 Å². The molecule has 0 atom stereocenters. The van der Waals surface area contributed by atoms with Crippen LogP contribution in [0.25, 0.3) is 0 Å². The number of hydrogen-bond donors (Lipinski definition) is 0. The van der Waals surface area contributed by atoms with Crippen LogP contribution in [-0.2, 0) is 9.53 Å². The first kappa shape index (κ1) is 8.21. The van der Waals surface area contributed by atoms with Crippen LogP contribution in [0.2, 0.25) is 0 Å². The van der Waals surface area contributed by atoms with Crippen molar-refractivity contribution >= 4 is 5.78 Å². The minimum absolute atomic E-state index is 0.000000000000000444. The Morgan fingerprint density at radius 1 is 1.67 bits per heavy atom. The smallest absolute Gasteiger partial charge is 0.196 e. The fourth-order valence-electron chi connectivity index (χ4n) is 0.480. The highest BCUT2D eigenvalue weighted by molar-refractivity contribution is 5.92. The predicted molar refractivity (Wildman–Crippen MR) is 36.1 cm³/mol. The largest absolute Gasteiger partial charge is 0.494 e. The maximum absolute atomic E-state index is 10.7. The second kappa shape index (κ2) is 4.13. The van der Waals surface area contributed by atoms with Gasteiger partial charge in [-0.15, -0.1) is 0 Å². The summed E-state index contributed by atoms with van der Waals surface area (Å²) >= 11 is 0. The maximum atomic E-state index is 10.7. The van der Waals surface area contributed by atoms with Crippen LogP contribution in [0.1, 0.15) is 19.8 Å². The molecule has 0 aromatic heterocycles. The summed E-state index contributed by atoms with van der Waals surface area (Å²) in [5.74, 6) is 0.261. The van der Waals surface area contributed by atoms with Gasteiger partial charge in [0.25, 0.3) is 0 Å². The van der Waals surface area contributed by atoms with Gasteiger partial charge in [-0.05, 0) is 6.42 Å². The first-order valence-electron chi connectivity index (χ1n) is 2.98. The van der Waals surface area contributed by atoms with Crippen molar-refractivity contribution in [3.8, 4) is 0 Å². The van der Waals surface area contributed by atoms with E-state index in [-0.39, 0.29) is 11.5 Å². The van der Waals surface area contributed by atoms with Gasteiger partial charge in [0.05, 0.1) is 7.11 Å². The highest BCUT2D eigenvalue weighted by Gasteiger charge is 2.03. The van der Waals surface area contributed by atoms with E-state index in [2.05, 4.69) is 11.3 Å². The topological polar surface area (TPSA) is 26.3 Å². The van der Waals surface area contributed by atoms with Crippen LogP contribution in [-0.4, -0.2) is 12.9 Å². The van der Waals surface area contributed by atoms with Crippen LogP contribution >= 0.6 is 0 Å². The lowest BCUT2D eigenvalue weighted by molar-refractivity contribution is -0.118. The van der Waals surface area contributed by atoms with Gasteiger partial charge in [0.1, 0.15) is 0 Å². The molecule has 2 heteroatoms. The number of Topliss-reactive ketones (excluding diaryl/α,β-unsaturated/α-hetero) is 1. The molecule has 0 aromatic carbocycles. The first-order valence-corrected chi connectivity index (χ1v) is 2.98. The zero-order chi connectivity index (χ0) is 7.28. The van der Waals surface area contributed by atoms with Gasteiger partial charge in [-0.2, -0.15) is 0 Å². The molecule has 0 saturated heterocycles. The monoisotopic (exact) mass is 128 g/mol. The fourth-order valence-corrected chi connectivity index (χ4v) is 0.480. The second-order valence-electron chi connectivity index (χ2n) is 1.80. The lowest BCUT2D eigenvalue weighted by Gasteiger charge is -1.99. The van der Waals surface area contributed by atoms with Gasteiger partial charge in [0, 0.05) is 6.42 Å². The minimum Gasteiger partial charge on any atom is -0.494 e. The summed E-state index contributed by atoms with van der Waals surface area (Å²) in [4.78, 5) is 10.7. The molecular weight excluding hydrogens is 116 g/mol. The molecule has 0 amide bonds. The lowest BCUT2D eigenvalue weighted by atomic mass is 10.2. The zero-order valence-electron chi connectivity index (χ0n) is 5.94. The van der Waals surface area contributed by atoms with Crippen LogP contribution in [0.15, 0.2) is 12.3 Å². The zero-order valence-corrected chi connectivity index (χ0v) is 5.94. The van der Waals surface area contributed by atoms with Crippen LogP contribution in [0.3, 0.4) is 0 Å². The molecule has 0 aromatic rings. The van der Waals surface area contributed by atoms with Gasteiger partial charge in [0.15, 0.2) is 11.5 Å². The molecule has 52 valence electrons. The van der Waals surface area contributed by atoms with Crippen LogP contribution < -0.4 is 0 Å². The molecule has 2 nitrogen and oxygen atoms in total. The van der Waals surface area contributed by atoms with Gasteiger partial charge in [0.2, 0.25) is 0 Å². The molecule has 0 N–H and O–H groups in total. The van der Waals surface area contributed by atoms with Gasteiger partial charge in [-0.25, -0.2) is 0 Å². The Balaban J connectivity index is 3.60. The number of carbonyl (C=O) groups is 1. The third kappa shape index (κ3) is 2.90. The van der Waals surface area contributed by atoms with Crippen molar-refractivity contribution < 1.29 is 9.53 Å². The standard InChI is InChI=1S/C7H12O2/c1-4-5-7(8)6(2)9-3/h2,4-5H2,1,3H3. The average Bonchev–Trinajstić information content (AvgIpc) is 1.87. The van der Waals surface area contributed by atoms with Crippen molar-refractivity contribution in [1.82, 2.24) is 0 Å². The Kier molecular flexibility index (Phi) is 3.76. The van der Waals surface area contributed by atoms with Gasteiger partial charge in [-0.1, -0.05) is 13.5 Å². The molecular formula is C7H12O2. The number of allylic oxidation sites excluding steroid dienone is 1. The molecule has 0 spiro atoms. The van der Waals surface area contributed by atoms with Crippen LogP contribution in [0.5, 0.6) is 0 Å². The molecule has 0 rings (SSSR count). The van der Waals surface area contributed by atoms with Gasteiger partial charge < -0.3 is 4.74 Å². The van der Waals surface area contributed by atoms with Crippen molar-refractivity contribution in [1.29, 1.82) is 0 Å².